The molecule has 0 fully saturated rings. The molecular formula is C11H13N3O3S. The topological polar surface area (TPSA) is 83.7 Å². The first-order chi connectivity index (χ1) is 8.38. The fraction of sp³-hybridized carbons (Fsp3) is 0.364. The van der Waals surface area contributed by atoms with Crippen LogP contribution >= 0.6 is 11.3 Å². The minimum atomic E-state index is -1.27. The van der Waals surface area contributed by atoms with Gasteiger partial charge in [0.1, 0.15) is 5.54 Å². The number of aliphatic carboxylic acids is 1. The molecular weight excluding hydrogens is 254 g/mol. The summed E-state index contributed by atoms with van der Waals surface area (Å²) in [6.07, 6.45) is 3.69. The van der Waals surface area contributed by atoms with Crippen LogP contribution in [0.1, 0.15) is 19.5 Å². The first kappa shape index (κ1) is 12.6. The van der Waals surface area contributed by atoms with Crippen LogP contribution in [0.2, 0.25) is 0 Å². The number of carboxylic acids is 1. The molecule has 0 saturated carbocycles. The highest BCUT2D eigenvalue weighted by Crippen LogP contribution is 2.12. The van der Waals surface area contributed by atoms with E-state index in [2.05, 4.69) is 10.3 Å². The van der Waals surface area contributed by atoms with E-state index in [-0.39, 0.29) is 12.3 Å². The summed E-state index contributed by atoms with van der Waals surface area (Å²) in [6.45, 7) is 2.89. The van der Waals surface area contributed by atoms with E-state index >= 15 is 0 Å². The predicted molar refractivity (Wildman–Crippen MR) is 66.6 cm³/mol. The lowest BCUT2D eigenvalue weighted by Crippen LogP contribution is -2.50. The Balaban J connectivity index is 2.04. The Morgan fingerprint density at radius 2 is 2.28 bits per heavy atom. The van der Waals surface area contributed by atoms with Gasteiger partial charge in [-0.15, -0.1) is 11.3 Å². The van der Waals surface area contributed by atoms with Gasteiger partial charge in [-0.05, 0) is 13.8 Å². The molecule has 1 amide bonds. The number of thiazole rings is 1. The van der Waals surface area contributed by atoms with Crippen molar-refractivity contribution >= 4 is 28.2 Å². The largest absolute Gasteiger partial charge is 0.480 e. The quantitative estimate of drug-likeness (QED) is 0.862. The number of carbonyl (C=O) groups excluding carboxylic acids is 1. The van der Waals surface area contributed by atoms with Gasteiger partial charge in [0.15, 0.2) is 4.96 Å². The highest BCUT2D eigenvalue weighted by molar-refractivity contribution is 7.15. The number of fused-ring (bicyclic) bond motifs is 1. The average Bonchev–Trinajstić information content (AvgIpc) is 2.75. The molecule has 2 aromatic heterocycles. The van der Waals surface area contributed by atoms with E-state index in [0.29, 0.717) is 5.69 Å². The van der Waals surface area contributed by atoms with Crippen LogP contribution in [0.5, 0.6) is 0 Å². The maximum Gasteiger partial charge on any atom is 0.328 e. The molecule has 2 N–H and O–H groups in total. The van der Waals surface area contributed by atoms with Crippen molar-refractivity contribution in [1.29, 1.82) is 0 Å². The van der Waals surface area contributed by atoms with E-state index in [4.69, 9.17) is 5.11 Å². The lowest BCUT2D eigenvalue weighted by atomic mass is 10.1. The standard InChI is InChI=1S/C11H13N3O3S/c1-11(2,9(16)17)13-8(15)5-7-6-14-3-4-18-10(14)12-7/h3-4,6H,5H2,1-2H3,(H,13,15)(H,16,17). The monoisotopic (exact) mass is 267 g/mol. The maximum absolute atomic E-state index is 11.7. The molecule has 2 aromatic rings. The Labute approximate surface area is 107 Å². The van der Waals surface area contributed by atoms with Gasteiger partial charge in [-0.3, -0.25) is 9.20 Å². The molecule has 0 atom stereocenters. The van der Waals surface area contributed by atoms with Crippen LogP contribution in [0.25, 0.3) is 4.96 Å². The molecule has 0 unspecified atom stereocenters. The number of nitrogens with one attached hydrogen (secondary N) is 1. The molecule has 96 valence electrons. The first-order valence-corrected chi connectivity index (χ1v) is 6.22. The van der Waals surface area contributed by atoms with E-state index < -0.39 is 11.5 Å². The molecule has 0 saturated heterocycles. The number of rotatable bonds is 4. The lowest BCUT2D eigenvalue weighted by molar-refractivity contribution is -0.145. The fourth-order valence-electron chi connectivity index (χ4n) is 1.47. The van der Waals surface area contributed by atoms with Gasteiger partial charge < -0.3 is 10.4 Å². The van der Waals surface area contributed by atoms with Crippen molar-refractivity contribution in [2.75, 3.05) is 0 Å². The minimum Gasteiger partial charge on any atom is -0.480 e. The molecule has 0 radical (unpaired) electrons. The Kier molecular flexibility index (Phi) is 3.08. The second-order valence-electron chi connectivity index (χ2n) is 4.48. The second kappa shape index (κ2) is 4.41. The zero-order valence-electron chi connectivity index (χ0n) is 10.0. The third kappa shape index (κ3) is 2.51. The molecule has 2 rings (SSSR count). The SMILES string of the molecule is CC(C)(NC(=O)Cc1cn2ccsc2n1)C(=O)O. The normalized spacial score (nSPS) is 11.7. The summed E-state index contributed by atoms with van der Waals surface area (Å²) in [7, 11) is 0. The maximum atomic E-state index is 11.7. The number of carbonyl (C=O) groups is 2. The molecule has 18 heavy (non-hydrogen) atoms. The van der Waals surface area contributed by atoms with Crippen molar-refractivity contribution in [2.24, 2.45) is 0 Å². The predicted octanol–water partition coefficient (Wildman–Crippen LogP) is 0.918. The number of nitrogens with zero attached hydrogens (tertiary/aromatic N) is 2. The van der Waals surface area contributed by atoms with Gasteiger partial charge in [0.05, 0.1) is 12.1 Å². The van der Waals surface area contributed by atoms with E-state index in [9.17, 15) is 9.59 Å². The average molecular weight is 267 g/mol. The Morgan fingerprint density at radius 1 is 1.56 bits per heavy atom. The minimum absolute atomic E-state index is 0.0745. The van der Waals surface area contributed by atoms with Gasteiger partial charge in [0.25, 0.3) is 0 Å². The smallest absolute Gasteiger partial charge is 0.328 e. The Morgan fingerprint density at radius 3 is 2.89 bits per heavy atom. The molecule has 0 bridgehead atoms. The number of hydrogen-bond donors (Lipinski definition) is 2. The number of imidazole rings is 1. The zero-order chi connectivity index (χ0) is 13.3. The molecule has 2 heterocycles. The summed E-state index contributed by atoms with van der Waals surface area (Å²) in [6, 6.07) is 0. The highest BCUT2D eigenvalue weighted by Gasteiger charge is 2.28. The van der Waals surface area contributed by atoms with Crippen molar-refractivity contribution in [3.8, 4) is 0 Å². The molecule has 0 aromatic carbocycles. The van der Waals surface area contributed by atoms with Crippen LogP contribution in [0, 0.1) is 0 Å². The van der Waals surface area contributed by atoms with Crippen LogP contribution in [0.4, 0.5) is 0 Å². The van der Waals surface area contributed by atoms with E-state index in [1.165, 1.54) is 25.2 Å². The summed E-state index contributed by atoms with van der Waals surface area (Å²) < 4.78 is 1.83. The lowest BCUT2D eigenvalue weighted by Gasteiger charge is -2.20. The summed E-state index contributed by atoms with van der Waals surface area (Å²) in [5.74, 6) is -1.42. The van der Waals surface area contributed by atoms with Crippen molar-refractivity contribution in [3.63, 3.8) is 0 Å². The zero-order valence-corrected chi connectivity index (χ0v) is 10.8. The third-order valence-electron chi connectivity index (χ3n) is 2.47. The van der Waals surface area contributed by atoms with Crippen LogP contribution in [-0.4, -0.2) is 31.9 Å². The van der Waals surface area contributed by atoms with E-state index in [0.717, 1.165) is 4.96 Å². The molecule has 0 aliphatic rings. The number of hydrogen-bond acceptors (Lipinski definition) is 4. The Hall–Kier alpha value is -1.89. The van der Waals surface area contributed by atoms with Crippen molar-refractivity contribution in [3.05, 3.63) is 23.5 Å². The van der Waals surface area contributed by atoms with Gasteiger partial charge in [-0.1, -0.05) is 0 Å². The third-order valence-corrected chi connectivity index (χ3v) is 3.24. The van der Waals surface area contributed by atoms with Gasteiger partial charge in [0, 0.05) is 17.8 Å². The van der Waals surface area contributed by atoms with Crippen molar-refractivity contribution in [1.82, 2.24) is 14.7 Å². The molecule has 7 heteroatoms. The summed E-state index contributed by atoms with van der Waals surface area (Å²) >= 11 is 1.48. The first-order valence-electron chi connectivity index (χ1n) is 5.34. The highest BCUT2D eigenvalue weighted by atomic mass is 32.1. The summed E-state index contributed by atoms with van der Waals surface area (Å²) in [5, 5.41) is 13.3. The molecule has 0 aliphatic carbocycles. The van der Waals surface area contributed by atoms with Gasteiger partial charge in [-0.2, -0.15) is 0 Å². The van der Waals surface area contributed by atoms with E-state index in [1.54, 1.807) is 6.20 Å². The van der Waals surface area contributed by atoms with Crippen LogP contribution < -0.4 is 5.32 Å². The van der Waals surface area contributed by atoms with Crippen molar-refractivity contribution < 1.29 is 14.7 Å². The molecule has 0 aliphatic heterocycles. The summed E-state index contributed by atoms with van der Waals surface area (Å²) in [5.41, 5.74) is -0.644. The van der Waals surface area contributed by atoms with Crippen molar-refractivity contribution in [2.45, 2.75) is 25.8 Å². The number of aromatic nitrogens is 2. The number of amides is 1. The summed E-state index contributed by atoms with van der Waals surface area (Å²) in [4.78, 5) is 27.7. The van der Waals surface area contributed by atoms with Gasteiger partial charge >= 0.3 is 5.97 Å². The molecule has 6 nitrogen and oxygen atoms in total. The van der Waals surface area contributed by atoms with E-state index in [1.807, 2.05) is 16.0 Å². The van der Waals surface area contributed by atoms with Crippen LogP contribution in [0.15, 0.2) is 17.8 Å². The van der Waals surface area contributed by atoms with Crippen LogP contribution in [-0.2, 0) is 16.0 Å². The second-order valence-corrected chi connectivity index (χ2v) is 5.35. The fourth-order valence-corrected chi connectivity index (χ4v) is 2.19. The number of carboxylic acid groups (broad SMARTS) is 1. The van der Waals surface area contributed by atoms with Gasteiger partial charge in [0.2, 0.25) is 5.91 Å². The van der Waals surface area contributed by atoms with Crippen LogP contribution in [0.3, 0.4) is 0 Å². The van der Waals surface area contributed by atoms with Gasteiger partial charge in [-0.25, -0.2) is 9.78 Å². The molecule has 0 spiro atoms. The Bertz CT molecular complexity index is 571.